The van der Waals surface area contributed by atoms with Crippen molar-refractivity contribution in [3.8, 4) is 0 Å². The van der Waals surface area contributed by atoms with Crippen molar-refractivity contribution in [1.29, 1.82) is 0 Å². The fraction of sp³-hybridized carbons (Fsp3) is 1.00. The van der Waals surface area contributed by atoms with Crippen LogP contribution in [-0.4, -0.2) is 44.1 Å². The predicted molar refractivity (Wildman–Crippen MR) is 49.3 cm³/mol. The van der Waals surface area contributed by atoms with Crippen LogP contribution in [0, 0.1) is 5.92 Å². The Hall–Kier alpha value is -0.170. The van der Waals surface area contributed by atoms with Crippen LogP contribution in [0.2, 0.25) is 0 Å². The highest BCUT2D eigenvalue weighted by Crippen LogP contribution is 2.25. The summed E-state index contributed by atoms with van der Waals surface area (Å²) in [7, 11) is -1.99. The quantitative estimate of drug-likeness (QED) is 0.635. The van der Waals surface area contributed by atoms with Gasteiger partial charge in [0.25, 0.3) is 10.2 Å². The number of hydrogen-bond acceptors (Lipinski definition) is 3. The molecule has 1 heterocycles. The van der Waals surface area contributed by atoms with Crippen molar-refractivity contribution in [3.63, 3.8) is 0 Å². The number of aliphatic hydroxyl groups is 1. The standard InChI is InChI=1S/C7H16N2O3S/c1-6-3-4-9(7(6)5-10)13(11,12)8-2/h6-8,10H,3-5H2,1-2H3. The maximum absolute atomic E-state index is 11.4. The largest absolute Gasteiger partial charge is 0.395 e. The molecule has 0 aromatic heterocycles. The third kappa shape index (κ3) is 2.01. The van der Waals surface area contributed by atoms with Gasteiger partial charge in [0.05, 0.1) is 12.6 Å². The van der Waals surface area contributed by atoms with E-state index in [1.807, 2.05) is 6.92 Å². The first-order chi connectivity index (χ1) is 6.03. The molecule has 0 saturated carbocycles. The Kier molecular flexibility index (Phi) is 3.28. The molecule has 1 rings (SSSR count). The first-order valence-corrected chi connectivity index (χ1v) is 5.78. The van der Waals surface area contributed by atoms with Gasteiger partial charge in [0, 0.05) is 13.6 Å². The molecule has 1 aliphatic heterocycles. The molecule has 0 bridgehead atoms. The average Bonchev–Trinajstić information content (AvgIpc) is 2.47. The molecule has 0 aromatic rings. The lowest BCUT2D eigenvalue weighted by molar-refractivity contribution is 0.190. The van der Waals surface area contributed by atoms with Crippen molar-refractivity contribution in [2.75, 3.05) is 20.2 Å². The fourth-order valence-electron chi connectivity index (χ4n) is 1.66. The third-order valence-electron chi connectivity index (χ3n) is 2.59. The van der Waals surface area contributed by atoms with Crippen LogP contribution in [0.15, 0.2) is 0 Å². The molecule has 5 nitrogen and oxygen atoms in total. The molecule has 13 heavy (non-hydrogen) atoms. The highest BCUT2D eigenvalue weighted by molar-refractivity contribution is 7.87. The Labute approximate surface area is 78.9 Å². The lowest BCUT2D eigenvalue weighted by Gasteiger charge is -2.23. The van der Waals surface area contributed by atoms with Gasteiger partial charge in [-0.15, -0.1) is 0 Å². The number of nitrogens with one attached hydrogen (secondary N) is 1. The van der Waals surface area contributed by atoms with Crippen molar-refractivity contribution in [1.82, 2.24) is 9.03 Å². The van der Waals surface area contributed by atoms with E-state index in [0.29, 0.717) is 6.54 Å². The minimum atomic E-state index is -3.37. The van der Waals surface area contributed by atoms with Gasteiger partial charge in [0.2, 0.25) is 0 Å². The Morgan fingerprint density at radius 2 is 2.23 bits per heavy atom. The average molecular weight is 208 g/mol. The number of hydrogen-bond donors (Lipinski definition) is 2. The van der Waals surface area contributed by atoms with Gasteiger partial charge in [0.1, 0.15) is 0 Å². The van der Waals surface area contributed by atoms with Gasteiger partial charge in [0.15, 0.2) is 0 Å². The maximum Gasteiger partial charge on any atom is 0.279 e. The molecule has 78 valence electrons. The minimum absolute atomic E-state index is 0.109. The summed E-state index contributed by atoms with van der Waals surface area (Å²) in [4.78, 5) is 0. The van der Waals surface area contributed by atoms with E-state index < -0.39 is 10.2 Å². The van der Waals surface area contributed by atoms with Crippen LogP contribution in [0.5, 0.6) is 0 Å². The monoisotopic (exact) mass is 208 g/mol. The summed E-state index contributed by atoms with van der Waals surface area (Å²) in [5, 5.41) is 9.03. The van der Waals surface area contributed by atoms with Crippen LogP contribution in [0.1, 0.15) is 13.3 Å². The van der Waals surface area contributed by atoms with E-state index in [-0.39, 0.29) is 18.6 Å². The lowest BCUT2D eigenvalue weighted by atomic mass is 10.0. The minimum Gasteiger partial charge on any atom is -0.395 e. The van der Waals surface area contributed by atoms with Gasteiger partial charge in [-0.05, 0) is 12.3 Å². The van der Waals surface area contributed by atoms with Gasteiger partial charge in [-0.2, -0.15) is 12.7 Å². The van der Waals surface area contributed by atoms with Crippen LogP contribution >= 0.6 is 0 Å². The van der Waals surface area contributed by atoms with Crippen LogP contribution < -0.4 is 4.72 Å². The van der Waals surface area contributed by atoms with Crippen LogP contribution in [-0.2, 0) is 10.2 Å². The molecule has 2 N–H and O–H groups in total. The first-order valence-electron chi connectivity index (χ1n) is 4.34. The molecule has 1 aliphatic rings. The molecular weight excluding hydrogens is 192 g/mol. The molecule has 0 spiro atoms. The van der Waals surface area contributed by atoms with Crippen molar-refractivity contribution in [3.05, 3.63) is 0 Å². The molecular formula is C7H16N2O3S. The van der Waals surface area contributed by atoms with E-state index in [0.717, 1.165) is 6.42 Å². The van der Waals surface area contributed by atoms with Crippen molar-refractivity contribution in [2.24, 2.45) is 5.92 Å². The summed E-state index contributed by atoms with van der Waals surface area (Å²) >= 11 is 0. The van der Waals surface area contributed by atoms with Gasteiger partial charge >= 0.3 is 0 Å². The predicted octanol–water partition coefficient (Wildman–Crippen LogP) is -0.847. The zero-order valence-electron chi connectivity index (χ0n) is 7.90. The Bertz CT molecular complexity index is 265. The normalized spacial score (nSPS) is 31.0. The SMILES string of the molecule is CNS(=O)(=O)N1CCC(C)C1CO. The molecule has 1 saturated heterocycles. The molecule has 1 fully saturated rings. The summed E-state index contributed by atoms with van der Waals surface area (Å²) < 4.78 is 26.4. The van der Waals surface area contributed by atoms with E-state index in [1.54, 1.807) is 0 Å². The molecule has 6 heteroatoms. The van der Waals surface area contributed by atoms with Gasteiger partial charge in [-0.3, -0.25) is 0 Å². The number of aliphatic hydroxyl groups excluding tert-OH is 1. The second-order valence-corrected chi connectivity index (χ2v) is 5.16. The Morgan fingerprint density at radius 3 is 2.69 bits per heavy atom. The second-order valence-electron chi connectivity index (χ2n) is 3.34. The van der Waals surface area contributed by atoms with E-state index in [4.69, 9.17) is 5.11 Å². The summed E-state index contributed by atoms with van der Waals surface area (Å²) in [6.45, 7) is 2.34. The summed E-state index contributed by atoms with van der Waals surface area (Å²) in [5.74, 6) is 0.230. The highest BCUT2D eigenvalue weighted by atomic mass is 32.2. The summed E-state index contributed by atoms with van der Waals surface area (Å²) in [5.41, 5.74) is 0. The Morgan fingerprint density at radius 1 is 1.62 bits per heavy atom. The molecule has 0 aliphatic carbocycles. The van der Waals surface area contributed by atoms with Gasteiger partial charge in [-0.1, -0.05) is 6.92 Å². The second kappa shape index (κ2) is 3.91. The highest BCUT2D eigenvalue weighted by Gasteiger charge is 2.37. The van der Waals surface area contributed by atoms with E-state index in [1.165, 1.54) is 11.4 Å². The zero-order chi connectivity index (χ0) is 10.1. The first kappa shape index (κ1) is 10.9. The zero-order valence-corrected chi connectivity index (χ0v) is 8.71. The van der Waals surface area contributed by atoms with Gasteiger partial charge in [-0.25, -0.2) is 4.72 Å². The van der Waals surface area contributed by atoms with Crippen LogP contribution in [0.3, 0.4) is 0 Å². The fourth-order valence-corrected chi connectivity index (χ4v) is 2.87. The molecule has 0 radical (unpaired) electrons. The van der Waals surface area contributed by atoms with Crippen molar-refractivity contribution >= 4 is 10.2 Å². The summed E-state index contributed by atoms with van der Waals surface area (Å²) in [6.07, 6.45) is 0.812. The topological polar surface area (TPSA) is 69.6 Å². The van der Waals surface area contributed by atoms with Crippen LogP contribution in [0.4, 0.5) is 0 Å². The van der Waals surface area contributed by atoms with Gasteiger partial charge < -0.3 is 5.11 Å². The lowest BCUT2D eigenvalue weighted by Crippen LogP contribution is -2.44. The van der Waals surface area contributed by atoms with E-state index in [9.17, 15) is 8.42 Å². The molecule has 2 unspecified atom stereocenters. The van der Waals surface area contributed by atoms with E-state index >= 15 is 0 Å². The van der Waals surface area contributed by atoms with Crippen LogP contribution in [0.25, 0.3) is 0 Å². The Balaban J connectivity index is 2.82. The maximum atomic E-state index is 11.4. The number of nitrogens with zero attached hydrogens (tertiary/aromatic N) is 1. The van der Waals surface area contributed by atoms with E-state index in [2.05, 4.69) is 4.72 Å². The third-order valence-corrected chi connectivity index (χ3v) is 4.17. The van der Waals surface area contributed by atoms with Crippen molar-refractivity contribution < 1.29 is 13.5 Å². The molecule has 0 amide bonds. The summed E-state index contributed by atoms with van der Waals surface area (Å²) in [6, 6.07) is -0.266. The number of rotatable bonds is 3. The van der Waals surface area contributed by atoms with Crippen molar-refractivity contribution in [2.45, 2.75) is 19.4 Å². The molecule has 2 atom stereocenters. The smallest absolute Gasteiger partial charge is 0.279 e. The molecule has 0 aromatic carbocycles.